The Bertz CT molecular complexity index is 686. The second-order valence-corrected chi connectivity index (χ2v) is 4.09. The molecule has 80 valence electrons. The van der Waals surface area contributed by atoms with Crippen LogP contribution in [-0.2, 0) is 10.0 Å². The van der Waals surface area contributed by atoms with E-state index in [-0.39, 0.29) is 5.65 Å². The molecule has 8 nitrogen and oxygen atoms in total. The van der Waals surface area contributed by atoms with Gasteiger partial charge in [-0.2, -0.15) is 13.9 Å². The summed E-state index contributed by atoms with van der Waals surface area (Å²) in [6.45, 7) is 0. The second-order valence-electron chi connectivity index (χ2n) is 2.63. The lowest BCUT2D eigenvalue weighted by atomic mass is 10.6. The van der Waals surface area contributed by atoms with Crippen molar-refractivity contribution < 1.29 is 12.8 Å². The van der Waals surface area contributed by atoms with Gasteiger partial charge in [-0.05, 0) is 0 Å². The number of H-pyrrole nitrogens is 1. The Hall–Kier alpha value is -1.81. The van der Waals surface area contributed by atoms with Gasteiger partial charge in [-0.3, -0.25) is 4.98 Å². The molecule has 0 saturated heterocycles. The van der Waals surface area contributed by atoms with Gasteiger partial charge in [0.15, 0.2) is 11.6 Å². The smallest absolute Gasteiger partial charge is 0.282 e. The van der Waals surface area contributed by atoms with Gasteiger partial charge in [0.05, 0.1) is 0 Å². The molecule has 0 amide bonds. The summed E-state index contributed by atoms with van der Waals surface area (Å²) in [6.07, 6.45) is 0. The number of rotatable bonds is 1. The number of fused-ring (bicyclic) bond motifs is 1. The third-order valence-electron chi connectivity index (χ3n) is 1.54. The highest BCUT2D eigenvalue weighted by atomic mass is 32.2. The van der Waals surface area contributed by atoms with Crippen LogP contribution in [0.25, 0.3) is 5.65 Å². The Kier molecular flexibility index (Phi) is 1.84. The maximum atomic E-state index is 12.7. The van der Waals surface area contributed by atoms with Crippen LogP contribution in [0.4, 0.5) is 4.39 Å². The molecule has 10 heteroatoms. The topological polar surface area (TPSA) is 123 Å². The lowest BCUT2D eigenvalue weighted by molar-refractivity contribution is 0.568. The summed E-state index contributed by atoms with van der Waals surface area (Å²) < 4.78 is 35.0. The van der Waals surface area contributed by atoms with Gasteiger partial charge in [-0.25, -0.2) is 18.4 Å². The lowest BCUT2D eigenvalue weighted by Crippen LogP contribution is -2.19. The van der Waals surface area contributed by atoms with E-state index in [0.29, 0.717) is 4.52 Å². The maximum absolute atomic E-state index is 12.7. The van der Waals surface area contributed by atoms with Crippen LogP contribution in [0.3, 0.4) is 0 Å². The van der Waals surface area contributed by atoms with Crippen molar-refractivity contribution in [1.29, 1.82) is 0 Å². The number of nitrogens with zero attached hydrogens (tertiary/aromatic N) is 3. The van der Waals surface area contributed by atoms with Gasteiger partial charge in [0.25, 0.3) is 15.2 Å². The number of aromatic amines is 1. The monoisotopic (exact) mass is 233 g/mol. The molecular weight excluding hydrogens is 229 g/mol. The number of hydrogen-bond donors (Lipinski definition) is 2. The van der Waals surface area contributed by atoms with E-state index in [1.807, 2.05) is 0 Å². The fourth-order valence-electron chi connectivity index (χ4n) is 0.972. The van der Waals surface area contributed by atoms with Gasteiger partial charge in [-0.15, -0.1) is 5.10 Å². The van der Waals surface area contributed by atoms with Crippen molar-refractivity contribution in [2.45, 2.75) is 5.16 Å². The molecule has 2 heterocycles. The summed E-state index contributed by atoms with van der Waals surface area (Å²) in [5.41, 5.74) is -1.17. The number of nitrogens with one attached hydrogen (secondary N) is 1. The fraction of sp³-hybridized carbons (Fsp3) is 0. The molecule has 0 radical (unpaired) electrons. The highest BCUT2D eigenvalue weighted by Crippen LogP contribution is 2.02. The Morgan fingerprint density at radius 3 is 2.80 bits per heavy atom. The highest BCUT2D eigenvalue weighted by Gasteiger charge is 2.16. The molecule has 0 aliphatic carbocycles. The molecule has 0 spiro atoms. The van der Waals surface area contributed by atoms with Crippen molar-refractivity contribution >= 4 is 15.7 Å². The largest absolute Gasteiger partial charge is 0.350 e. The zero-order chi connectivity index (χ0) is 11.2. The van der Waals surface area contributed by atoms with Crippen molar-refractivity contribution in [3.63, 3.8) is 0 Å². The molecular formula is C5H4FN5O3S. The summed E-state index contributed by atoms with van der Waals surface area (Å²) in [5.74, 6) is -0.944. The molecule has 2 aromatic rings. The molecule has 0 bridgehead atoms. The van der Waals surface area contributed by atoms with Gasteiger partial charge >= 0.3 is 5.69 Å². The Balaban J connectivity index is 2.89. The summed E-state index contributed by atoms with van der Waals surface area (Å²) in [4.78, 5) is 16.2. The van der Waals surface area contributed by atoms with Gasteiger partial charge in [0.2, 0.25) is 0 Å². The molecule has 0 unspecified atom stereocenters. The summed E-state index contributed by atoms with van der Waals surface area (Å²) in [5, 5.41) is 7.31. The average molecular weight is 233 g/mol. The molecule has 15 heavy (non-hydrogen) atoms. The van der Waals surface area contributed by atoms with Crippen LogP contribution in [0.15, 0.2) is 16.0 Å². The highest BCUT2D eigenvalue weighted by molar-refractivity contribution is 7.89. The number of hydrogen-bond acceptors (Lipinski definition) is 5. The van der Waals surface area contributed by atoms with Crippen molar-refractivity contribution in [2.75, 3.05) is 0 Å². The first-order chi connectivity index (χ1) is 6.88. The van der Waals surface area contributed by atoms with Crippen LogP contribution in [0.2, 0.25) is 0 Å². The van der Waals surface area contributed by atoms with Crippen LogP contribution in [0.1, 0.15) is 0 Å². The Morgan fingerprint density at radius 2 is 2.20 bits per heavy atom. The predicted molar refractivity (Wildman–Crippen MR) is 44.9 cm³/mol. The summed E-state index contributed by atoms with van der Waals surface area (Å²) in [7, 11) is -4.11. The van der Waals surface area contributed by atoms with Crippen LogP contribution in [0, 0.1) is 5.95 Å². The van der Waals surface area contributed by atoms with Gasteiger partial charge in [0.1, 0.15) is 0 Å². The first kappa shape index (κ1) is 9.73. The standard InChI is InChI=1S/C5H4FN5O3S/c6-2-1-3-9-4(15(7,13)14)10-11(3)5(12)8-2/h1H,(H,8,12)(H2,7,13,14). The van der Waals surface area contributed by atoms with Crippen LogP contribution in [-0.4, -0.2) is 28.0 Å². The minimum Gasteiger partial charge on any atom is -0.282 e. The zero-order valence-corrected chi connectivity index (χ0v) is 7.82. The molecule has 2 rings (SSSR count). The molecule has 0 atom stereocenters. The van der Waals surface area contributed by atoms with E-state index < -0.39 is 26.8 Å². The van der Waals surface area contributed by atoms with Crippen molar-refractivity contribution in [3.05, 3.63) is 22.5 Å². The number of nitrogens with two attached hydrogens (primary N) is 1. The number of aromatic nitrogens is 4. The van der Waals surface area contributed by atoms with Crippen molar-refractivity contribution in [3.8, 4) is 0 Å². The van der Waals surface area contributed by atoms with Gasteiger partial charge in [-0.1, -0.05) is 0 Å². The Morgan fingerprint density at radius 1 is 1.53 bits per heavy atom. The first-order valence-corrected chi connectivity index (χ1v) is 5.11. The quantitative estimate of drug-likeness (QED) is 0.562. The molecule has 0 fully saturated rings. The van der Waals surface area contributed by atoms with E-state index in [0.717, 1.165) is 6.07 Å². The van der Waals surface area contributed by atoms with E-state index in [2.05, 4.69) is 10.1 Å². The molecule has 0 saturated carbocycles. The van der Waals surface area contributed by atoms with Gasteiger partial charge in [0, 0.05) is 6.07 Å². The lowest BCUT2D eigenvalue weighted by Gasteiger charge is -1.88. The van der Waals surface area contributed by atoms with Crippen molar-refractivity contribution in [2.24, 2.45) is 5.14 Å². The Labute approximate surface area is 81.6 Å². The van der Waals surface area contributed by atoms with Gasteiger partial charge < -0.3 is 0 Å². The maximum Gasteiger partial charge on any atom is 0.350 e. The van der Waals surface area contributed by atoms with E-state index in [1.165, 1.54) is 0 Å². The molecule has 0 aliphatic heterocycles. The predicted octanol–water partition coefficient (Wildman–Crippen LogP) is -1.80. The second kappa shape index (κ2) is 2.84. The number of sulfonamides is 1. The number of halogens is 1. The van der Waals surface area contributed by atoms with E-state index in [4.69, 9.17) is 5.14 Å². The van der Waals surface area contributed by atoms with Crippen molar-refractivity contribution in [1.82, 2.24) is 19.6 Å². The average Bonchev–Trinajstić information content (AvgIpc) is 2.46. The van der Waals surface area contributed by atoms with E-state index >= 15 is 0 Å². The zero-order valence-electron chi connectivity index (χ0n) is 7.01. The minimum atomic E-state index is -4.11. The summed E-state index contributed by atoms with van der Waals surface area (Å²) >= 11 is 0. The number of primary sulfonamides is 1. The minimum absolute atomic E-state index is 0.236. The van der Waals surface area contributed by atoms with E-state index in [1.54, 1.807) is 4.98 Å². The van der Waals surface area contributed by atoms with Crippen LogP contribution in [0.5, 0.6) is 0 Å². The summed E-state index contributed by atoms with van der Waals surface area (Å²) in [6, 6.07) is 0.822. The first-order valence-electron chi connectivity index (χ1n) is 3.56. The SMILES string of the molecule is NS(=O)(=O)c1nc2cc(F)[nH]c(=O)n2n1. The fourth-order valence-corrected chi connectivity index (χ4v) is 1.39. The third-order valence-corrected chi connectivity index (χ3v) is 2.22. The van der Waals surface area contributed by atoms with Crippen LogP contribution < -0.4 is 10.8 Å². The molecule has 0 aromatic carbocycles. The molecule has 3 N–H and O–H groups in total. The van der Waals surface area contributed by atoms with Crippen LogP contribution >= 0.6 is 0 Å². The normalized spacial score (nSPS) is 12.1. The molecule has 2 aromatic heterocycles. The van der Waals surface area contributed by atoms with E-state index in [9.17, 15) is 17.6 Å². The molecule has 0 aliphatic rings. The third kappa shape index (κ3) is 1.59.